The Morgan fingerprint density at radius 2 is 2.14 bits per heavy atom. The molecular weight excluding hydrogens is 354 g/mol. The monoisotopic (exact) mass is 385 g/mol. The number of nitrogens with zero attached hydrogens (tertiary/aromatic N) is 3. The summed E-state index contributed by atoms with van der Waals surface area (Å²) in [6, 6.07) is 8.83. The highest BCUT2D eigenvalue weighted by Crippen LogP contribution is 2.39. The molecule has 1 atom stereocenters. The minimum Gasteiger partial charge on any atom is -0.377 e. The number of piperidine rings is 1. The normalized spacial score (nSPS) is 22.6. The molecule has 1 unspecified atom stereocenters. The summed E-state index contributed by atoms with van der Waals surface area (Å²) in [7, 11) is 1.64. The molecule has 6 nitrogen and oxygen atoms in total. The van der Waals surface area contributed by atoms with Gasteiger partial charge in [0, 0.05) is 39.8 Å². The van der Waals surface area contributed by atoms with Crippen LogP contribution in [0.15, 0.2) is 28.8 Å². The Labute approximate surface area is 167 Å². The molecule has 2 aliphatic heterocycles. The minimum absolute atomic E-state index is 0.0292. The van der Waals surface area contributed by atoms with Crippen LogP contribution in [0.3, 0.4) is 0 Å². The van der Waals surface area contributed by atoms with Crippen molar-refractivity contribution in [2.24, 2.45) is 5.92 Å². The quantitative estimate of drug-likeness (QED) is 0.758. The summed E-state index contributed by atoms with van der Waals surface area (Å²) in [5.41, 5.74) is 2.77. The minimum atomic E-state index is 0.0292. The van der Waals surface area contributed by atoms with Gasteiger partial charge in [0.05, 0.1) is 5.60 Å². The van der Waals surface area contributed by atoms with Crippen molar-refractivity contribution in [3.8, 4) is 0 Å². The third-order valence-electron chi connectivity index (χ3n) is 6.10. The number of benzene rings is 1. The van der Waals surface area contributed by atoms with Gasteiger partial charge in [-0.05, 0) is 44.1 Å². The average Bonchev–Trinajstić information content (AvgIpc) is 3.11. The smallest absolute Gasteiger partial charge is 0.227 e. The van der Waals surface area contributed by atoms with E-state index in [0.29, 0.717) is 18.3 Å². The molecule has 2 aromatic rings. The lowest BCUT2D eigenvalue weighted by Gasteiger charge is -2.46. The van der Waals surface area contributed by atoms with Gasteiger partial charge in [-0.2, -0.15) is 4.98 Å². The molecule has 6 heteroatoms. The fourth-order valence-electron chi connectivity index (χ4n) is 4.65. The molecule has 28 heavy (non-hydrogen) atoms. The van der Waals surface area contributed by atoms with E-state index in [9.17, 15) is 0 Å². The van der Waals surface area contributed by atoms with E-state index in [1.165, 1.54) is 11.1 Å². The van der Waals surface area contributed by atoms with Gasteiger partial charge in [0.15, 0.2) is 5.82 Å². The van der Waals surface area contributed by atoms with Crippen molar-refractivity contribution in [2.45, 2.75) is 57.8 Å². The molecule has 2 fully saturated rings. The van der Waals surface area contributed by atoms with Crippen LogP contribution in [0.4, 0.5) is 0 Å². The molecule has 4 rings (SSSR count). The van der Waals surface area contributed by atoms with Crippen molar-refractivity contribution in [3.63, 3.8) is 0 Å². The largest absolute Gasteiger partial charge is 0.377 e. The van der Waals surface area contributed by atoms with E-state index in [2.05, 4.69) is 46.2 Å². The number of hydrogen-bond donors (Lipinski definition) is 0. The van der Waals surface area contributed by atoms with Gasteiger partial charge in [0.25, 0.3) is 0 Å². The second kappa shape index (κ2) is 8.72. The topological polar surface area (TPSA) is 60.6 Å². The first-order valence-electron chi connectivity index (χ1n) is 10.4. The fraction of sp³-hybridized carbons (Fsp3) is 0.636. The molecular formula is C22H31N3O3. The lowest BCUT2D eigenvalue weighted by Crippen LogP contribution is -2.49. The number of hydrogen-bond acceptors (Lipinski definition) is 6. The van der Waals surface area contributed by atoms with Crippen LogP contribution in [0.1, 0.15) is 48.5 Å². The molecule has 2 saturated heterocycles. The SMILES string of the molecule is COCc1noc(CC2CCOC3(CCN(Cc4cccc(C)c4)CC3)C2)n1. The number of rotatable bonds is 6. The number of methoxy groups -OCH3 is 1. The molecule has 3 heterocycles. The van der Waals surface area contributed by atoms with E-state index in [4.69, 9.17) is 14.0 Å². The number of likely N-dealkylation sites (tertiary alicyclic amines) is 1. The highest BCUT2D eigenvalue weighted by Gasteiger charge is 2.40. The summed E-state index contributed by atoms with van der Waals surface area (Å²) in [6.45, 7) is 6.62. The van der Waals surface area contributed by atoms with Crippen LogP contribution in [0, 0.1) is 12.8 Å². The van der Waals surface area contributed by atoms with E-state index < -0.39 is 0 Å². The van der Waals surface area contributed by atoms with E-state index in [1.54, 1.807) is 7.11 Å². The van der Waals surface area contributed by atoms with Crippen molar-refractivity contribution in [1.82, 2.24) is 15.0 Å². The predicted octanol–water partition coefficient (Wildman–Crippen LogP) is 3.53. The Balaban J connectivity index is 1.30. The zero-order valence-electron chi connectivity index (χ0n) is 17.0. The molecule has 0 saturated carbocycles. The lowest BCUT2D eigenvalue weighted by atomic mass is 9.78. The van der Waals surface area contributed by atoms with Crippen molar-refractivity contribution >= 4 is 0 Å². The first kappa shape index (κ1) is 19.6. The Hall–Kier alpha value is -1.76. The first-order chi connectivity index (χ1) is 13.6. The van der Waals surface area contributed by atoms with Gasteiger partial charge in [-0.25, -0.2) is 0 Å². The van der Waals surface area contributed by atoms with Crippen molar-refractivity contribution in [1.29, 1.82) is 0 Å². The molecule has 0 bridgehead atoms. The van der Waals surface area contributed by atoms with Gasteiger partial charge in [0.1, 0.15) is 6.61 Å². The van der Waals surface area contributed by atoms with Gasteiger partial charge in [-0.1, -0.05) is 35.0 Å². The van der Waals surface area contributed by atoms with Crippen molar-refractivity contribution in [2.75, 3.05) is 26.8 Å². The lowest BCUT2D eigenvalue weighted by molar-refractivity contribution is -0.128. The molecule has 1 aromatic heterocycles. The Bertz CT molecular complexity index is 768. The Morgan fingerprint density at radius 1 is 1.29 bits per heavy atom. The highest BCUT2D eigenvalue weighted by atomic mass is 16.5. The van der Waals surface area contributed by atoms with Crippen LogP contribution in [-0.4, -0.2) is 47.4 Å². The van der Waals surface area contributed by atoms with E-state index in [1.807, 2.05) is 0 Å². The van der Waals surface area contributed by atoms with Crippen LogP contribution in [0.2, 0.25) is 0 Å². The van der Waals surface area contributed by atoms with Crippen LogP contribution in [0.5, 0.6) is 0 Å². The third kappa shape index (κ3) is 4.80. The first-order valence-corrected chi connectivity index (χ1v) is 10.4. The van der Waals surface area contributed by atoms with Gasteiger partial charge < -0.3 is 14.0 Å². The molecule has 1 aromatic carbocycles. The standard InChI is InChI=1S/C22H31N3O3/c1-17-4-3-5-19(12-17)15-25-9-7-22(8-10-25)14-18(6-11-27-22)13-21-23-20(16-26-2)24-28-21/h3-5,12,18H,6-11,13-16H2,1-2H3. The van der Waals surface area contributed by atoms with E-state index >= 15 is 0 Å². The molecule has 0 amide bonds. The van der Waals surface area contributed by atoms with Crippen LogP contribution < -0.4 is 0 Å². The maximum absolute atomic E-state index is 6.32. The zero-order chi connectivity index (χ0) is 19.4. The summed E-state index contributed by atoms with van der Waals surface area (Å²) in [6.07, 6.45) is 5.21. The summed E-state index contributed by atoms with van der Waals surface area (Å²) in [5, 5.41) is 3.98. The summed E-state index contributed by atoms with van der Waals surface area (Å²) >= 11 is 0. The predicted molar refractivity (Wildman–Crippen MR) is 106 cm³/mol. The molecule has 0 N–H and O–H groups in total. The van der Waals surface area contributed by atoms with Crippen LogP contribution in [0.25, 0.3) is 0 Å². The van der Waals surface area contributed by atoms with Gasteiger partial charge >= 0.3 is 0 Å². The molecule has 152 valence electrons. The maximum atomic E-state index is 6.32. The summed E-state index contributed by atoms with van der Waals surface area (Å²) in [4.78, 5) is 7.00. The van der Waals surface area contributed by atoms with E-state index in [0.717, 1.165) is 64.2 Å². The van der Waals surface area contributed by atoms with Crippen molar-refractivity contribution < 1.29 is 14.0 Å². The Kier molecular flexibility index (Phi) is 6.09. The maximum Gasteiger partial charge on any atom is 0.227 e. The second-order valence-corrected chi connectivity index (χ2v) is 8.40. The fourth-order valence-corrected chi connectivity index (χ4v) is 4.65. The highest BCUT2D eigenvalue weighted by molar-refractivity contribution is 5.22. The van der Waals surface area contributed by atoms with Crippen molar-refractivity contribution in [3.05, 3.63) is 47.1 Å². The van der Waals surface area contributed by atoms with Crippen LogP contribution >= 0.6 is 0 Å². The molecule has 1 spiro atoms. The van der Waals surface area contributed by atoms with Gasteiger partial charge in [-0.15, -0.1) is 0 Å². The second-order valence-electron chi connectivity index (χ2n) is 8.40. The number of ether oxygens (including phenoxy) is 2. The number of aryl methyl sites for hydroxylation is 1. The summed E-state index contributed by atoms with van der Waals surface area (Å²) < 4.78 is 16.8. The van der Waals surface area contributed by atoms with Crippen LogP contribution in [-0.2, 0) is 29.0 Å². The van der Waals surface area contributed by atoms with Gasteiger partial charge in [-0.3, -0.25) is 4.90 Å². The molecule has 2 aliphatic rings. The van der Waals surface area contributed by atoms with Gasteiger partial charge in [0.2, 0.25) is 5.89 Å². The average molecular weight is 386 g/mol. The van der Waals surface area contributed by atoms with E-state index in [-0.39, 0.29) is 5.60 Å². The third-order valence-corrected chi connectivity index (χ3v) is 6.10. The zero-order valence-corrected chi connectivity index (χ0v) is 17.0. The summed E-state index contributed by atoms with van der Waals surface area (Å²) in [5.74, 6) is 1.91. The Morgan fingerprint density at radius 3 is 2.93 bits per heavy atom. The molecule has 0 aliphatic carbocycles. The molecule has 0 radical (unpaired) electrons. The number of aromatic nitrogens is 2.